The molecule has 0 aliphatic carbocycles. The molecule has 0 atom stereocenters. The number of hydrogen-bond donors (Lipinski definition) is 2. The standard InChI is InChI=1S/C21H20FN3O4/c1-3-17(23-12-13-4-6-14(22)7-5-13)18-19(26)24-21(28)25(20(18)27)15-8-10-16(29-2)11-9-15/h4-11,27H,3,12H2,1-2H3,(H,24,26,28). The lowest BCUT2D eigenvalue weighted by Gasteiger charge is -2.13. The van der Waals surface area contributed by atoms with Gasteiger partial charge in [-0.05, 0) is 48.4 Å². The van der Waals surface area contributed by atoms with Crippen LogP contribution in [0.4, 0.5) is 4.39 Å². The van der Waals surface area contributed by atoms with Gasteiger partial charge in [0.1, 0.15) is 17.1 Å². The number of hydrogen-bond acceptors (Lipinski definition) is 5. The van der Waals surface area contributed by atoms with Crippen LogP contribution < -0.4 is 16.0 Å². The molecule has 150 valence electrons. The topological polar surface area (TPSA) is 96.7 Å². The minimum atomic E-state index is -0.768. The Hall–Kier alpha value is -3.68. The zero-order valence-corrected chi connectivity index (χ0v) is 16.0. The quantitative estimate of drug-likeness (QED) is 0.625. The monoisotopic (exact) mass is 397 g/mol. The van der Waals surface area contributed by atoms with E-state index in [1.54, 1.807) is 43.3 Å². The normalized spacial score (nSPS) is 11.5. The van der Waals surface area contributed by atoms with Crippen LogP contribution in [-0.4, -0.2) is 27.5 Å². The van der Waals surface area contributed by atoms with Crippen molar-refractivity contribution in [1.82, 2.24) is 9.55 Å². The van der Waals surface area contributed by atoms with Crippen molar-refractivity contribution in [3.05, 3.63) is 86.3 Å². The van der Waals surface area contributed by atoms with Crippen molar-refractivity contribution in [3.63, 3.8) is 0 Å². The molecule has 0 saturated carbocycles. The Morgan fingerprint density at radius 1 is 1.14 bits per heavy atom. The first kappa shape index (κ1) is 20.1. The Balaban J connectivity index is 2.07. The lowest BCUT2D eigenvalue weighted by molar-refractivity contribution is 0.414. The van der Waals surface area contributed by atoms with Crippen molar-refractivity contribution in [2.45, 2.75) is 19.9 Å². The first-order chi connectivity index (χ1) is 13.9. The van der Waals surface area contributed by atoms with Crippen molar-refractivity contribution in [1.29, 1.82) is 0 Å². The van der Waals surface area contributed by atoms with Gasteiger partial charge >= 0.3 is 5.69 Å². The smallest absolute Gasteiger partial charge is 0.335 e. The molecule has 0 fully saturated rings. The van der Waals surface area contributed by atoms with Gasteiger partial charge in [0.2, 0.25) is 5.88 Å². The lowest BCUT2D eigenvalue weighted by Crippen LogP contribution is -2.33. The molecule has 0 aliphatic rings. The molecule has 3 aromatic rings. The molecule has 2 N–H and O–H groups in total. The number of halogens is 1. The molecule has 0 saturated heterocycles. The van der Waals surface area contributed by atoms with Crippen LogP contribution in [0, 0.1) is 5.82 Å². The summed E-state index contributed by atoms with van der Waals surface area (Å²) in [7, 11) is 1.52. The molecule has 2 aromatic carbocycles. The Labute approximate surface area is 165 Å². The summed E-state index contributed by atoms with van der Waals surface area (Å²) >= 11 is 0. The van der Waals surface area contributed by atoms with Crippen molar-refractivity contribution < 1.29 is 14.2 Å². The van der Waals surface area contributed by atoms with E-state index in [0.29, 0.717) is 23.6 Å². The average molecular weight is 397 g/mol. The van der Waals surface area contributed by atoms with Crippen LogP contribution in [0.15, 0.2) is 63.1 Å². The van der Waals surface area contributed by atoms with Crippen molar-refractivity contribution in [3.8, 4) is 17.3 Å². The summed E-state index contributed by atoms with van der Waals surface area (Å²) in [6.45, 7) is 1.98. The van der Waals surface area contributed by atoms with Crippen LogP contribution in [-0.2, 0) is 6.54 Å². The summed E-state index contributed by atoms with van der Waals surface area (Å²) in [5.41, 5.74) is -0.135. The molecule has 0 aliphatic heterocycles. The van der Waals surface area contributed by atoms with Gasteiger partial charge < -0.3 is 9.84 Å². The van der Waals surface area contributed by atoms with Crippen molar-refractivity contribution >= 4 is 5.71 Å². The zero-order valence-electron chi connectivity index (χ0n) is 16.0. The second kappa shape index (κ2) is 8.55. The van der Waals surface area contributed by atoms with Crippen LogP contribution >= 0.6 is 0 Å². The van der Waals surface area contributed by atoms with Gasteiger partial charge in [-0.2, -0.15) is 0 Å². The van der Waals surface area contributed by atoms with Crippen LogP contribution in [0.1, 0.15) is 24.5 Å². The van der Waals surface area contributed by atoms with E-state index in [0.717, 1.165) is 10.1 Å². The number of nitrogens with zero attached hydrogens (tertiary/aromatic N) is 2. The molecule has 8 heteroatoms. The van der Waals surface area contributed by atoms with E-state index in [2.05, 4.69) is 9.98 Å². The number of ether oxygens (including phenoxy) is 1. The molecule has 1 aromatic heterocycles. The van der Waals surface area contributed by atoms with Gasteiger partial charge in [0.05, 0.1) is 25.1 Å². The largest absolute Gasteiger partial charge is 0.497 e. The molecular weight excluding hydrogens is 377 g/mol. The summed E-state index contributed by atoms with van der Waals surface area (Å²) in [5, 5.41) is 10.7. The van der Waals surface area contributed by atoms with Gasteiger partial charge in [0.25, 0.3) is 5.56 Å². The highest BCUT2D eigenvalue weighted by Crippen LogP contribution is 2.20. The number of rotatable bonds is 6. The Kier molecular flexibility index (Phi) is 5.92. The van der Waals surface area contributed by atoms with Gasteiger partial charge in [0.15, 0.2) is 0 Å². The Bertz CT molecular complexity index is 1150. The second-order valence-corrected chi connectivity index (χ2v) is 6.23. The van der Waals surface area contributed by atoms with Crippen LogP contribution in [0.2, 0.25) is 0 Å². The Morgan fingerprint density at radius 2 is 1.79 bits per heavy atom. The third-order valence-corrected chi connectivity index (χ3v) is 4.41. The highest BCUT2D eigenvalue weighted by molar-refractivity contribution is 6.02. The highest BCUT2D eigenvalue weighted by atomic mass is 19.1. The SMILES string of the molecule is CCC(=NCc1ccc(F)cc1)c1c(O)n(-c2ccc(OC)cc2)c(=O)[nH]c1=O. The zero-order chi connectivity index (χ0) is 21.0. The van der Waals surface area contributed by atoms with Crippen LogP contribution in [0.3, 0.4) is 0 Å². The molecule has 7 nitrogen and oxygen atoms in total. The van der Waals surface area contributed by atoms with E-state index in [4.69, 9.17) is 4.74 Å². The van der Waals surface area contributed by atoms with E-state index in [1.807, 2.05) is 0 Å². The van der Waals surface area contributed by atoms with E-state index < -0.39 is 17.1 Å². The maximum atomic E-state index is 13.1. The van der Waals surface area contributed by atoms with E-state index in [9.17, 15) is 19.1 Å². The van der Waals surface area contributed by atoms with Crippen LogP contribution in [0.5, 0.6) is 11.6 Å². The van der Waals surface area contributed by atoms with E-state index >= 15 is 0 Å². The fourth-order valence-electron chi connectivity index (χ4n) is 2.90. The van der Waals surface area contributed by atoms with E-state index in [1.165, 1.54) is 19.2 Å². The summed E-state index contributed by atoms with van der Waals surface area (Å²) in [5.74, 6) is -0.265. The molecule has 0 spiro atoms. The highest BCUT2D eigenvalue weighted by Gasteiger charge is 2.19. The molecule has 0 amide bonds. The van der Waals surface area contributed by atoms with Crippen molar-refractivity contribution in [2.24, 2.45) is 4.99 Å². The average Bonchev–Trinajstić information content (AvgIpc) is 2.71. The minimum Gasteiger partial charge on any atom is -0.497 e. The van der Waals surface area contributed by atoms with Gasteiger partial charge in [0, 0.05) is 0 Å². The first-order valence-electron chi connectivity index (χ1n) is 8.95. The number of aromatic nitrogens is 2. The number of aromatic hydroxyl groups is 1. The second-order valence-electron chi connectivity index (χ2n) is 6.23. The van der Waals surface area contributed by atoms with Crippen LogP contribution in [0.25, 0.3) is 5.69 Å². The fourth-order valence-corrected chi connectivity index (χ4v) is 2.90. The number of H-pyrrole nitrogens is 1. The number of benzene rings is 2. The number of nitrogens with one attached hydrogen (secondary N) is 1. The number of aliphatic imine (C=N–C) groups is 1. The lowest BCUT2D eigenvalue weighted by atomic mass is 10.1. The minimum absolute atomic E-state index is 0.0787. The predicted molar refractivity (Wildman–Crippen MR) is 108 cm³/mol. The molecule has 29 heavy (non-hydrogen) atoms. The number of aromatic amines is 1. The van der Waals surface area contributed by atoms with Gasteiger partial charge in [-0.1, -0.05) is 19.1 Å². The summed E-state index contributed by atoms with van der Waals surface area (Å²) in [6, 6.07) is 12.3. The first-order valence-corrected chi connectivity index (χ1v) is 8.95. The summed E-state index contributed by atoms with van der Waals surface area (Å²) < 4.78 is 19.2. The maximum Gasteiger partial charge on any atom is 0.335 e. The molecule has 1 heterocycles. The summed E-state index contributed by atoms with van der Waals surface area (Å²) in [6.07, 6.45) is 0.346. The summed E-state index contributed by atoms with van der Waals surface area (Å²) in [4.78, 5) is 31.4. The third kappa shape index (κ3) is 4.26. The molecule has 0 unspecified atom stereocenters. The number of methoxy groups -OCH3 is 1. The predicted octanol–water partition coefficient (Wildman–Crippen LogP) is 2.78. The molecule has 0 bridgehead atoms. The Morgan fingerprint density at radius 3 is 2.38 bits per heavy atom. The van der Waals surface area contributed by atoms with Gasteiger partial charge in [-0.15, -0.1) is 0 Å². The fraction of sp³-hybridized carbons (Fsp3) is 0.190. The van der Waals surface area contributed by atoms with Gasteiger partial charge in [-0.3, -0.25) is 14.8 Å². The molecule has 0 radical (unpaired) electrons. The molecular formula is C21H20FN3O4. The van der Waals surface area contributed by atoms with E-state index in [-0.39, 0.29) is 17.9 Å². The van der Waals surface area contributed by atoms with Gasteiger partial charge in [-0.25, -0.2) is 13.8 Å². The molecule has 3 rings (SSSR count). The maximum absolute atomic E-state index is 13.1. The third-order valence-electron chi connectivity index (χ3n) is 4.41. The van der Waals surface area contributed by atoms with Crippen molar-refractivity contribution in [2.75, 3.05) is 7.11 Å².